The van der Waals surface area contributed by atoms with Gasteiger partial charge in [0, 0.05) is 45.0 Å². The molecule has 18 heavy (non-hydrogen) atoms. The molecule has 0 radical (unpaired) electrons. The molecular weight excluding hydrogens is 254 g/mol. The molecule has 0 bridgehead atoms. The van der Waals surface area contributed by atoms with E-state index in [1.165, 1.54) is 10.6 Å². The van der Waals surface area contributed by atoms with Gasteiger partial charge in [-0.1, -0.05) is 0 Å². The number of sulfonamides is 1. The molecule has 0 aromatic carbocycles. The molecule has 2 rings (SSSR count). The van der Waals surface area contributed by atoms with Crippen molar-refractivity contribution in [2.75, 3.05) is 26.2 Å². The van der Waals surface area contributed by atoms with E-state index in [0.29, 0.717) is 32.7 Å². The smallest absolute Gasteiger partial charge is 0.262 e. The molecule has 1 aliphatic heterocycles. The van der Waals surface area contributed by atoms with E-state index in [2.05, 4.69) is 10.3 Å². The molecule has 8 heteroatoms. The predicted octanol–water partition coefficient (Wildman–Crippen LogP) is -1.18. The average molecular weight is 273 g/mol. The Morgan fingerprint density at radius 1 is 1.61 bits per heavy atom. The molecule has 1 aromatic rings. The van der Waals surface area contributed by atoms with E-state index in [4.69, 9.17) is 5.73 Å². The van der Waals surface area contributed by atoms with E-state index in [9.17, 15) is 8.42 Å². The van der Waals surface area contributed by atoms with E-state index in [1.807, 2.05) is 6.92 Å². The van der Waals surface area contributed by atoms with Crippen molar-refractivity contribution in [1.29, 1.82) is 0 Å². The number of hydrogen-bond donors (Lipinski definition) is 2. The van der Waals surface area contributed by atoms with Gasteiger partial charge in [-0.25, -0.2) is 13.4 Å². The molecule has 1 fully saturated rings. The fourth-order valence-corrected chi connectivity index (χ4v) is 3.60. The van der Waals surface area contributed by atoms with E-state index in [0.717, 1.165) is 0 Å². The maximum absolute atomic E-state index is 12.5. The molecule has 0 spiro atoms. The highest BCUT2D eigenvalue weighted by Gasteiger charge is 2.33. The second-order valence-electron chi connectivity index (χ2n) is 4.25. The average Bonchev–Trinajstić information content (AvgIpc) is 2.88. The fourth-order valence-electron chi connectivity index (χ4n) is 2.03. The lowest BCUT2D eigenvalue weighted by Gasteiger charge is -2.33. The molecule has 0 saturated carbocycles. The van der Waals surface area contributed by atoms with Gasteiger partial charge in [-0.3, -0.25) is 0 Å². The van der Waals surface area contributed by atoms with Crippen molar-refractivity contribution in [3.63, 3.8) is 0 Å². The van der Waals surface area contributed by atoms with Crippen LogP contribution in [0.2, 0.25) is 0 Å². The number of nitrogens with two attached hydrogens (primary N) is 1. The Hall–Kier alpha value is -0.960. The van der Waals surface area contributed by atoms with Crippen molar-refractivity contribution in [2.45, 2.75) is 24.5 Å². The monoisotopic (exact) mass is 273 g/mol. The highest BCUT2D eigenvalue weighted by atomic mass is 32.2. The number of imidazole rings is 1. The number of nitrogens with one attached hydrogen (secondary N) is 1. The standard InChI is InChI=1S/C10H19N5O2S/c1-2-14-7-10(13-8-14)18(16,17)15-4-3-12-6-9(15)5-11/h7-9,12H,2-6,11H2,1H3. The summed E-state index contributed by atoms with van der Waals surface area (Å²) in [4.78, 5) is 3.97. The second kappa shape index (κ2) is 5.35. The minimum Gasteiger partial charge on any atom is -0.336 e. The van der Waals surface area contributed by atoms with E-state index in [-0.39, 0.29) is 11.1 Å². The van der Waals surface area contributed by atoms with Crippen LogP contribution < -0.4 is 11.1 Å². The Morgan fingerprint density at radius 3 is 3.00 bits per heavy atom. The highest BCUT2D eigenvalue weighted by Crippen LogP contribution is 2.17. The zero-order chi connectivity index (χ0) is 13.2. The van der Waals surface area contributed by atoms with Crippen molar-refractivity contribution < 1.29 is 8.42 Å². The molecular formula is C10H19N5O2S. The lowest BCUT2D eigenvalue weighted by molar-refractivity contribution is 0.272. The number of nitrogens with zero attached hydrogens (tertiary/aromatic N) is 3. The third kappa shape index (κ3) is 2.41. The van der Waals surface area contributed by atoms with Crippen LogP contribution in [0.25, 0.3) is 0 Å². The fraction of sp³-hybridized carbons (Fsp3) is 0.700. The summed E-state index contributed by atoms with van der Waals surface area (Å²) in [7, 11) is -3.53. The van der Waals surface area contributed by atoms with Gasteiger partial charge in [-0.15, -0.1) is 0 Å². The summed E-state index contributed by atoms with van der Waals surface area (Å²) in [5, 5.41) is 3.25. The Morgan fingerprint density at radius 2 is 2.39 bits per heavy atom. The van der Waals surface area contributed by atoms with Crippen molar-refractivity contribution in [3.05, 3.63) is 12.5 Å². The van der Waals surface area contributed by atoms with Crippen molar-refractivity contribution in [2.24, 2.45) is 5.73 Å². The molecule has 1 atom stereocenters. The van der Waals surface area contributed by atoms with Crippen molar-refractivity contribution >= 4 is 10.0 Å². The van der Waals surface area contributed by atoms with Crippen molar-refractivity contribution in [1.82, 2.24) is 19.2 Å². The van der Waals surface area contributed by atoms with Crippen molar-refractivity contribution in [3.8, 4) is 0 Å². The topological polar surface area (TPSA) is 93.2 Å². The lowest BCUT2D eigenvalue weighted by atomic mass is 10.2. The second-order valence-corrected chi connectivity index (χ2v) is 6.09. The molecule has 0 aliphatic carbocycles. The third-order valence-corrected chi connectivity index (χ3v) is 4.95. The molecule has 7 nitrogen and oxygen atoms in total. The Bertz CT molecular complexity index is 498. The van der Waals surface area contributed by atoms with Crippen LogP contribution in [-0.4, -0.2) is 54.5 Å². The van der Waals surface area contributed by atoms with Crippen LogP contribution in [0, 0.1) is 0 Å². The SMILES string of the molecule is CCn1cnc(S(=O)(=O)N2CCNCC2CN)c1. The van der Waals surface area contributed by atoms with Gasteiger partial charge in [-0.2, -0.15) is 4.31 Å². The van der Waals surface area contributed by atoms with E-state index < -0.39 is 10.0 Å². The van der Waals surface area contributed by atoms with Crippen LogP contribution in [0.4, 0.5) is 0 Å². The lowest BCUT2D eigenvalue weighted by Crippen LogP contribution is -2.56. The van der Waals surface area contributed by atoms with Crippen LogP contribution >= 0.6 is 0 Å². The number of hydrogen-bond acceptors (Lipinski definition) is 5. The molecule has 1 saturated heterocycles. The van der Waals surface area contributed by atoms with Gasteiger partial charge in [0.1, 0.15) is 0 Å². The highest BCUT2D eigenvalue weighted by molar-refractivity contribution is 7.89. The first kappa shape index (κ1) is 13.5. The molecule has 0 amide bonds. The summed E-state index contributed by atoms with van der Waals surface area (Å²) >= 11 is 0. The molecule has 2 heterocycles. The summed E-state index contributed by atoms with van der Waals surface area (Å²) in [5.41, 5.74) is 5.63. The van der Waals surface area contributed by atoms with Gasteiger partial charge in [0.05, 0.1) is 6.33 Å². The largest absolute Gasteiger partial charge is 0.336 e. The maximum Gasteiger partial charge on any atom is 0.262 e. The van der Waals surface area contributed by atoms with Crippen LogP contribution in [-0.2, 0) is 16.6 Å². The van der Waals surface area contributed by atoms with Gasteiger partial charge in [0.15, 0.2) is 5.03 Å². The number of aryl methyl sites for hydroxylation is 1. The van der Waals surface area contributed by atoms with Gasteiger partial charge < -0.3 is 15.6 Å². The van der Waals surface area contributed by atoms with Crippen LogP contribution in [0.15, 0.2) is 17.6 Å². The Kier molecular flexibility index (Phi) is 4.00. The molecule has 1 aromatic heterocycles. The minimum atomic E-state index is -3.53. The third-order valence-electron chi connectivity index (χ3n) is 3.12. The van der Waals surface area contributed by atoms with E-state index >= 15 is 0 Å². The molecule has 1 aliphatic rings. The zero-order valence-electron chi connectivity index (χ0n) is 10.4. The van der Waals surface area contributed by atoms with Gasteiger partial charge >= 0.3 is 0 Å². The first-order valence-electron chi connectivity index (χ1n) is 6.04. The Labute approximate surface area is 107 Å². The first-order chi connectivity index (χ1) is 8.59. The van der Waals surface area contributed by atoms with Gasteiger partial charge in [0.2, 0.25) is 0 Å². The maximum atomic E-state index is 12.5. The summed E-state index contributed by atoms with van der Waals surface area (Å²) in [6, 6.07) is -0.199. The summed E-state index contributed by atoms with van der Waals surface area (Å²) in [6.07, 6.45) is 3.09. The normalized spacial score (nSPS) is 22.2. The van der Waals surface area contributed by atoms with Crippen LogP contribution in [0.3, 0.4) is 0 Å². The predicted molar refractivity (Wildman–Crippen MR) is 67.5 cm³/mol. The number of piperazine rings is 1. The van der Waals surface area contributed by atoms with Gasteiger partial charge in [0.25, 0.3) is 10.0 Å². The number of rotatable bonds is 4. The number of aromatic nitrogens is 2. The zero-order valence-corrected chi connectivity index (χ0v) is 11.2. The van der Waals surface area contributed by atoms with Gasteiger partial charge in [-0.05, 0) is 6.92 Å². The van der Waals surface area contributed by atoms with E-state index in [1.54, 1.807) is 10.8 Å². The molecule has 3 N–H and O–H groups in total. The van der Waals surface area contributed by atoms with Crippen LogP contribution in [0.1, 0.15) is 6.92 Å². The Balaban J connectivity index is 2.28. The first-order valence-corrected chi connectivity index (χ1v) is 7.48. The quantitative estimate of drug-likeness (QED) is 0.720. The minimum absolute atomic E-state index is 0.102. The van der Waals surface area contributed by atoms with Crippen LogP contribution in [0.5, 0.6) is 0 Å². The molecule has 102 valence electrons. The summed E-state index contributed by atoms with van der Waals surface area (Å²) in [6.45, 7) is 4.61. The summed E-state index contributed by atoms with van der Waals surface area (Å²) < 4.78 is 28.1. The molecule has 1 unspecified atom stereocenters. The summed E-state index contributed by atoms with van der Waals surface area (Å²) in [5.74, 6) is 0.